The van der Waals surface area contributed by atoms with Crippen molar-refractivity contribution in [2.75, 3.05) is 0 Å². The second-order valence-corrected chi connectivity index (χ2v) is 23.2. The van der Waals surface area contributed by atoms with Crippen LogP contribution in [0.4, 0.5) is 0 Å². The lowest BCUT2D eigenvalue weighted by molar-refractivity contribution is 0.661. The molecule has 12 aromatic carbocycles. The minimum absolute atomic E-state index is 0.740. The van der Waals surface area contributed by atoms with Gasteiger partial charge in [0.1, 0.15) is 57.6 Å². The maximum Gasteiger partial charge on any atom is 0.175 e. The molecule has 0 saturated heterocycles. The van der Waals surface area contributed by atoms with Crippen LogP contribution in [0.3, 0.4) is 0 Å². The molecule has 0 aliphatic rings. The summed E-state index contributed by atoms with van der Waals surface area (Å²) in [6.07, 6.45) is 13.8. The van der Waals surface area contributed by atoms with Gasteiger partial charge >= 0.3 is 0 Å². The van der Waals surface area contributed by atoms with E-state index in [0.29, 0.717) is 0 Å². The number of para-hydroxylation sites is 3. The van der Waals surface area contributed by atoms with Crippen LogP contribution in [0, 0.1) is 27.7 Å². The van der Waals surface area contributed by atoms with Crippen molar-refractivity contribution in [3.63, 3.8) is 0 Å². The molecule has 0 atom stereocenters. The number of furan rings is 3. The topological polar surface area (TPSA) is 194 Å². The Morgan fingerprint density at radius 3 is 1.09 bits per heavy atom. The van der Waals surface area contributed by atoms with Crippen molar-refractivity contribution in [3.8, 4) is 0 Å². The van der Waals surface area contributed by atoms with Crippen LogP contribution in [-0.2, 0) is 0 Å². The Bertz CT molecular complexity index is 6060. The first-order chi connectivity index (χ1) is 49.8. The fraction of sp³-hybridized carbons (Fsp3) is 0.0930. The lowest BCUT2D eigenvalue weighted by Gasteiger charge is -2.09. The van der Waals surface area contributed by atoms with Gasteiger partial charge in [0.2, 0.25) is 0 Å². The van der Waals surface area contributed by atoms with Crippen molar-refractivity contribution in [1.82, 2.24) is 59.8 Å². The van der Waals surface area contributed by atoms with E-state index < -0.39 is 0 Å². The number of aromatic nitrogens is 12. The van der Waals surface area contributed by atoms with E-state index in [1.165, 1.54) is 71.0 Å². The van der Waals surface area contributed by atoms with Crippen molar-refractivity contribution >= 4 is 164 Å². The number of hydrogen-bond donors (Lipinski definition) is 0. The fourth-order valence-electron chi connectivity index (χ4n) is 12.7. The third-order valence-corrected chi connectivity index (χ3v) is 17.1. The number of fused-ring (bicyclic) bond motifs is 27. The van der Waals surface area contributed by atoms with E-state index >= 15 is 0 Å². The summed E-state index contributed by atoms with van der Waals surface area (Å²) in [7, 11) is 0. The van der Waals surface area contributed by atoms with Gasteiger partial charge in [-0.1, -0.05) is 210 Å². The summed E-state index contributed by atoms with van der Waals surface area (Å²) in [6, 6.07) is 74.0. The van der Waals surface area contributed by atoms with E-state index in [1.807, 2.05) is 153 Å². The Morgan fingerprint density at radius 1 is 0.228 bits per heavy atom. The predicted molar refractivity (Wildman–Crippen MR) is 413 cm³/mol. The zero-order chi connectivity index (χ0) is 69.3. The minimum Gasteiger partial charge on any atom is -0.453 e. The van der Waals surface area contributed by atoms with Crippen LogP contribution in [0.25, 0.3) is 164 Å². The van der Waals surface area contributed by atoms with Gasteiger partial charge in [0.05, 0.1) is 51.4 Å². The Kier molecular flexibility index (Phi) is 18.9. The monoisotopic (exact) mass is 1320 g/mol. The van der Waals surface area contributed by atoms with E-state index in [-0.39, 0.29) is 0 Å². The van der Waals surface area contributed by atoms with E-state index in [4.69, 9.17) is 18.2 Å². The molecular weight excluding hydrogens is 1250 g/mol. The molecule has 21 aromatic rings. The molecule has 0 aliphatic carbocycles. The van der Waals surface area contributed by atoms with E-state index in [9.17, 15) is 0 Å². The average molecular weight is 1320 g/mol. The van der Waals surface area contributed by atoms with E-state index in [2.05, 4.69) is 188 Å². The molecule has 15 nitrogen and oxygen atoms in total. The molecule has 0 saturated carbocycles. The number of rotatable bonds is 0. The number of benzene rings is 12. The summed E-state index contributed by atoms with van der Waals surface area (Å²) in [5, 5.41) is 18.8. The minimum atomic E-state index is 0.740. The van der Waals surface area contributed by atoms with Crippen LogP contribution in [0.5, 0.6) is 0 Å². The quantitative estimate of drug-likeness (QED) is 0.130. The van der Waals surface area contributed by atoms with Crippen molar-refractivity contribution in [2.24, 2.45) is 0 Å². The Labute approximate surface area is 580 Å². The second-order valence-electron chi connectivity index (χ2n) is 23.2. The SMILES string of the molecule is CC.CC.Cc1cnc2c3ccccc3c3ccccc3c2n1.Cc1ncc2c3ccccc3c3ccccc3c2n1.Cc1ncc2oc3ccccc3c2n1.Cc1ncnc2c1oc1ccccc12.c1ccc2c(c1)c1ccccc1c1nccnc21.c1ccc2c(c1)oc1cncnc12. The van der Waals surface area contributed by atoms with Crippen LogP contribution >= 0.6 is 0 Å². The molecule has 0 fully saturated rings. The first-order valence-corrected chi connectivity index (χ1v) is 33.6. The molecular formula is C86H68N12O3. The third kappa shape index (κ3) is 12.8. The third-order valence-electron chi connectivity index (χ3n) is 17.1. The van der Waals surface area contributed by atoms with Crippen LogP contribution in [0.15, 0.2) is 281 Å². The molecule has 0 aliphatic heterocycles. The molecule has 0 radical (unpaired) electrons. The fourth-order valence-corrected chi connectivity index (χ4v) is 12.7. The van der Waals surface area contributed by atoms with E-state index in [1.54, 1.807) is 31.1 Å². The Morgan fingerprint density at radius 2 is 0.584 bits per heavy atom. The first-order valence-electron chi connectivity index (χ1n) is 33.6. The summed E-state index contributed by atoms with van der Waals surface area (Å²) in [4.78, 5) is 52.1. The van der Waals surface area contributed by atoms with Crippen LogP contribution in [0.2, 0.25) is 0 Å². The highest BCUT2D eigenvalue weighted by Gasteiger charge is 2.15. The average Bonchev–Trinajstić information content (AvgIpc) is 1.75. The Balaban J connectivity index is 0.000000102. The smallest absolute Gasteiger partial charge is 0.175 e. The first kappa shape index (κ1) is 65.2. The number of aryl methyl sites for hydroxylation is 4. The van der Waals surface area contributed by atoms with Gasteiger partial charge in [-0.05, 0) is 102 Å². The highest BCUT2D eigenvalue weighted by Crippen LogP contribution is 2.37. The molecule has 101 heavy (non-hydrogen) atoms. The maximum atomic E-state index is 5.66. The highest BCUT2D eigenvalue weighted by atomic mass is 16.3. The van der Waals surface area contributed by atoms with Gasteiger partial charge < -0.3 is 13.3 Å². The van der Waals surface area contributed by atoms with Crippen molar-refractivity contribution < 1.29 is 13.3 Å². The van der Waals surface area contributed by atoms with Gasteiger partial charge in [-0.2, -0.15) is 0 Å². The molecule has 9 aromatic heterocycles. The van der Waals surface area contributed by atoms with Crippen molar-refractivity contribution in [1.29, 1.82) is 0 Å². The summed E-state index contributed by atoms with van der Waals surface area (Å²) in [6.45, 7) is 15.7. The number of nitrogens with zero attached hydrogens (tertiary/aromatic N) is 12. The summed E-state index contributed by atoms with van der Waals surface area (Å²) in [5.74, 6) is 1.58. The summed E-state index contributed by atoms with van der Waals surface area (Å²) >= 11 is 0. The van der Waals surface area contributed by atoms with Crippen LogP contribution in [-0.4, -0.2) is 59.8 Å². The molecule has 490 valence electrons. The molecule has 0 unspecified atom stereocenters. The highest BCUT2D eigenvalue weighted by molar-refractivity contribution is 6.25. The molecule has 15 heteroatoms. The molecule has 9 heterocycles. The van der Waals surface area contributed by atoms with Crippen LogP contribution in [0.1, 0.15) is 50.7 Å². The van der Waals surface area contributed by atoms with E-state index in [0.717, 1.165) is 122 Å². The van der Waals surface area contributed by atoms with Gasteiger partial charge in [-0.25, -0.2) is 44.9 Å². The second kappa shape index (κ2) is 29.3. The lowest BCUT2D eigenvalue weighted by Crippen LogP contribution is -1.90. The zero-order valence-corrected chi connectivity index (χ0v) is 57.0. The molecule has 0 spiro atoms. The number of hydrogen-bond acceptors (Lipinski definition) is 15. The van der Waals surface area contributed by atoms with Gasteiger partial charge in [0.25, 0.3) is 0 Å². The van der Waals surface area contributed by atoms with Gasteiger partial charge in [0.15, 0.2) is 16.7 Å². The molecule has 0 N–H and O–H groups in total. The molecule has 21 rings (SSSR count). The van der Waals surface area contributed by atoms with Crippen molar-refractivity contribution in [3.05, 3.63) is 291 Å². The normalized spacial score (nSPS) is 11.0. The van der Waals surface area contributed by atoms with Gasteiger partial charge in [0, 0.05) is 73.3 Å². The zero-order valence-electron chi connectivity index (χ0n) is 57.0. The van der Waals surface area contributed by atoms with Gasteiger partial charge in [-0.3, -0.25) is 15.0 Å². The molecule has 0 bridgehead atoms. The largest absolute Gasteiger partial charge is 0.453 e. The lowest BCUT2D eigenvalue weighted by atomic mass is 9.98. The van der Waals surface area contributed by atoms with Crippen molar-refractivity contribution in [2.45, 2.75) is 55.4 Å². The summed E-state index contributed by atoms with van der Waals surface area (Å²) in [5.41, 5.74) is 14.3. The van der Waals surface area contributed by atoms with Gasteiger partial charge in [-0.15, -0.1) is 0 Å². The maximum absolute atomic E-state index is 5.66. The summed E-state index contributed by atoms with van der Waals surface area (Å²) < 4.78 is 16.8. The standard InChI is InChI=1S/2C17H12N2.C16H10N2.2C11H8N2O.C10H6N2O.2C2H6/c1-11-10-18-16-14-8-4-2-6-12(14)13-7-3-5-9-15(13)17(16)19-11;1-11-18-10-16-14-8-3-2-6-12(14)13-7-4-5-9-15(13)17(16)19-11;1-3-7-13-11(5-1)12-6-2-4-8-14(12)16-15(13)17-9-10-18-16;1-7-11-10(13-6-12-7)8-4-2-3-5-9(8)14-11;1-7-12-6-10-11(13-7)8-4-2-3-5-9(8)14-10;1-2-4-8-7(3-1)10-9(13-8)5-11-6-12-10;2*1-2/h2*2-10H,1H3;1-10H;2*2-6H,1H3;1-6H;2*1-2H3. The Hall–Kier alpha value is -13.1. The molecule has 0 amide bonds. The predicted octanol–water partition coefficient (Wildman–Crippen LogP) is 22.2. The van der Waals surface area contributed by atoms with Crippen LogP contribution < -0.4 is 0 Å².